The molecule has 0 aliphatic heterocycles. The Kier molecular flexibility index (Phi) is 6.43. The molecule has 0 atom stereocenters. The van der Waals surface area contributed by atoms with Gasteiger partial charge < -0.3 is 4.42 Å². The number of aromatic nitrogens is 3. The molecule has 0 aliphatic rings. The number of fused-ring (bicyclic) bond motifs is 4. The molecule has 0 saturated heterocycles. The highest BCUT2D eigenvalue weighted by Crippen LogP contribution is 2.38. The van der Waals surface area contributed by atoms with E-state index in [1.807, 2.05) is 60.8 Å². The first kappa shape index (κ1) is 27.0. The van der Waals surface area contributed by atoms with Gasteiger partial charge in [-0.2, -0.15) is 0 Å². The third-order valence-corrected chi connectivity index (χ3v) is 8.74. The van der Waals surface area contributed by atoms with Crippen LogP contribution in [0.25, 0.3) is 88.9 Å². The number of benzene rings is 6. The maximum Gasteiger partial charge on any atom is 0.160 e. The number of nitrogens with zero attached hydrogens (tertiary/aromatic N) is 3. The second kappa shape index (κ2) is 11.2. The Bertz CT molecular complexity index is 2510. The molecule has 4 heteroatoms. The van der Waals surface area contributed by atoms with Crippen molar-refractivity contribution in [2.45, 2.75) is 0 Å². The molecular weight excluding hydrogens is 574 g/mol. The zero-order valence-electron chi connectivity index (χ0n) is 25.3. The lowest BCUT2D eigenvalue weighted by Gasteiger charge is -2.13. The van der Waals surface area contributed by atoms with Gasteiger partial charge >= 0.3 is 0 Å². The summed E-state index contributed by atoms with van der Waals surface area (Å²) < 4.78 is 6.16. The molecule has 0 N–H and O–H groups in total. The van der Waals surface area contributed by atoms with Gasteiger partial charge in [-0.1, -0.05) is 91.0 Å². The first-order valence-electron chi connectivity index (χ1n) is 15.7. The highest BCUT2D eigenvalue weighted by molar-refractivity contribution is 6.06. The van der Waals surface area contributed by atoms with E-state index in [0.717, 1.165) is 72.3 Å². The van der Waals surface area contributed by atoms with Crippen molar-refractivity contribution in [2.75, 3.05) is 0 Å². The van der Waals surface area contributed by atoms with Gasteiger partial charge in [0.25, 0.3) is 0 Å². The average Bonchev–Trinajstić information content (AvgIpc) is 3.53. The Labute approximate surface area is 271 Å². The predicted molar refractivity (Wildman–Crippen MR) is 192 cm³/mol. The number of rotatable bonds is 5. The average molecular weight is 602 g/mol. The minimum absolute atomic E-state index is 0.672. The zero-order valence-corrected chi connectivity index (χ0v) is 25.3. The van der Waals surface area contributed by atoms with Gasteiger partial charge in [0.2, 0.25) is 0 Å². The fourth-order valence-corrected chi connectivity index (χ4v) is 6.36. The standard InChI is InChI=1S/C43H27N3O/c1-2-10-29(11-3-1)43-45-39(33-13-8-20-44-27-33)26-40(46-43)36-23-34(31-17-16-28-9-4-5-12-30(28)21-31)22-35(24-36)32-18-19-42-38(25-32)37-14-6-7-15-41(37)47-42/h1-27H. The van der Waals surface area contributed by atoms with E-state index in [1.54, 1.807) is 6.20 Å². The van der Waals surface area contributed by atoms with Crippen molar-refractivity contribution in [1.29, 1.82) is 0 Å². The second-order valence-corrected chi connectivity index (χ2v) is 11.7. The van der Waals surface area contributed by atoms with Crippen LogP contribution in [0.3, 0.4) is 0 Å². The zero-order chi connectivity index (χ0) is 31.2. The Hall–Kier alpha value is -6.39. The molecule has 0 unspecified atom stereocenters. The minimum atomic E-state index is 0.672. The minimum Gasteiger partial charge on any atom is -0.456 e. The van der Waals surface area contributed by atoms with Gasteiger partial charge in [-0.05, 0) is 93.7 Å². The molecule has 0 spiro atoms. The second-order valence-electron chi connectivity index (χ2n) is 11.7. The van der Waals surface area contributed by atoms with Gasteiger partial charge in [0.15, 0.2) is 5.82 Å². The van der Waals surface area contributed by atoms with Crippen LogP contribution in [0.1, 0.15) is 0 Å². The maximum atomic E-state index is 6.16. The maximum absolute atomic E-state index is 6.16. The Balaban J connectivity index is 1.28. The van der Waals surface area contributed by atoms with E-state index in [4.69, 9.17) is 14.4 Å². The molecule has 0 radical (unpaired) electrons. The van der Waals surface area contributed by atoms with Crippen LogP contribution in [-0.2, 0) is 0 Å². The number of hydrogen-bond acceptors (Lipinski definition) is 4. The fourth-order valence-electron chi connectivity index (χ4n) is 6.36. The third-order valence-electron chi connectivity index (χ3n) is 8.74. The summed E-state index contributed by atoms with van der Waals surface area (Å²) in [5.74, 6) is 0.672. The molecular formula is C43H27N3O. The van der Waals surface area contributed by atoms with E-state index in [1.165, 1.54) is 10.8 Å². The molecule has 6 aromatic carbocycles. The van der Waals surface area contributed by atoms with Crippen LogP contribution in [0.2, 0.25) is 0 Å². The van der Waals surface area contributed by atoms with Crippen molar-refractivity contribution in [1.82, 2.24) is 15.0 Å². The van der Waals surface area contributed by atoms with Crippen molar-refractivity contribution in [3.63, 3.8) is 0 Å². The molecule has 0 aliphatic carbocycles. The van der Waals surface area contributed by atoms with E-state index >= 15 is 0 Å². The number of para-hydroxylation sites is 1. The van der Waals surface area contributed by atoms with Gasteiger partial charge in [-0.3, -0.25) is 4.98 Å². The van der Waals surface area contributed by atoms with Gasteiger partial charge in [0, 0.05) is 39.9 Å². The SMILES string of the molecule is c1ccc(-c2nc(-c3cccnc3)cc(-c3cc(-c4ccc5ccccc5c4)cc(-c4ccc5oc6ccccc6c5c4)c3)n2)cc1. The molecule has 0 fully saturated rings. The summed E-state index contributed by atoms with van der Waals surface area (Å²) in [6, 6.07) is 52.7. The molecule has 47 heavy (non-hydrogen) atoms. The predicted octanol–water partition coefficient (Wildman–Crippen LogP) is 11.3. The largest absolute Gasteiger partial charge is 0.456 e. The van der Waals surface area contributed by atoms with Crippen molar-refractivity contribution in [3.8, 4) is 56.2 Å². The molecule has 220 valence electrons. The lowest BCUT2D eigenvalue weighted by molar-refractivity contribution is 0.669. The van der Waals surface area contributed by atoms with E-state index in [0.29, 0.717) is 5.82 Å². The van der Waals surface area contributed by atoms with Crippen LogP contribution in [-0.4, -0.2) is 15.0 Å². The summed E-state index contributed by atoms with van der Waals surface area (Å²) in [6.07, 6.45) is 3.63. The van der Waals surface area contributed by atoms with Gasteiger partial charge in [-0.15, -0.1) is 0 Å². The third kappa shape index (κ3) is 5.02. The molecule has 0 saturated carbocycles. The molecule has 3 heterocycles. The van der Waals surface area contributed by atoms with Crippen LogP contribution in [0.15, 0.2) is 168 Å². The normalized spacial score (nSPS) is 11.4. The Morgan fingerprint density at radius 1 is 0.383 bits per heavy atom. The monoisotopic (exact) mass is 601 g/mol. The molecule has 9 aromatic rings. The van der Waals surface area contributed by atoms with Crippen LogP contribution < -0.4 is 0 Å². The van der Waals surface area contributed by atoms with E-state index in [-0.39, 0.29) is 0 Å². The first-order valence-corrected chi connectivity index (χ1v) is 15.7. The molecule has 0 bridgehead atoms. The lowest BCUT2D eigenvalue weighted by Crippen LogP contribution is -1.96. The summed E-state index contributed by atoms with van der Waals surface area (Å²) in [5, 5.41) is 4.63. The van der Waals surface area contributed by atoms with E-state index in [2.05, 4.69) is 102 Å². The molecule has 3 aromatic heterocycles. The molecule has 4 nitrogen and oxygen atoms in total. The van der Waals surface area contributed by atoms with Gasteiger partial charge in [0.1, 0.15) is 11.2 Å². The molecule has 0 amide bonds. The lowest BCUT2D eigenvalue weighted by atomic mass is 9.93. The summed E-state index contributed by atoms with van der Waals surface area (Å²) >= 11 is 0. The number of furan rings is 1. The van der Waals surface area contributed by atoms with Crippen LogP contribution >= 0.6 is 0 Å². The van der Waals surface area contributed by atoms with Crippen LogP contribution in [0, 0.1) is 0 Å². The van der Waals surface area contributed by atoms with E-state index in [9.17, 15) is 0 Å². The summed E-state index contributed by atoms with van der Waals surface area (Å²) in [5.41, 5.74) is 10.8. The van der Waals surface area contributed by atoms with Crippen molar-refractivity contribution in [2.24, 2.45) is 0 Å². The smallest absolute Gasteiger partial charge is 0.160 e. The van der Waals surface area contributed by atoms with Crippen LogP contribution in [0.5, 0.6) is 0 Å². The van der Waals surface area contributed by atoms with Crippen molar-refractivity contribution >= 4 is 32.7 Å². The number of hydrogen-bond donors (Lipinski definition) is 0. The Morgan fingerprint density at radius 2 is 1.04 bits per heavy atom. The fraction of sp³-hybridized carbons (Fsp3) is 0. The highest BCUT2D eigenvalue weighted by atomic mass is 16.3. The molecule has 9 rings (SSSR count). The first-order chi connectivity index (χ1) is 23.2. The number of pyridine rings is 1. The summed E-state index contributed by atoms with van der Waals surface area (Å²) in [7, 11) is 0. The Morgan fingerprint density at radius 3 is 1.87 bits per heavy atom. The van der Waals surface area contributed by atoms with Crippen molar-refractivity contribution in [3.05, 3.63) is 164 Å². The van der Waals surface area contributed by atoms with Crippen LogP contribution in [0.4, 0.5) is 0 Å². The highest BCUT2D eigenvalue weighted by Gasteiger charge is 2.15. The summed E-state index contributed by atoms with van der Waals surface area (Å²) in [4.78, 5) is 14.5. The topological polar surface area (TPSA) is 51.8 Å². The summed E-state index contributed by atoms with van der Waals surface area (Å²) in [6.45, 7) is 0. The van der Waals surface area contributed by atoms with Gasteiger partial charge in [0.05, 0.1) is 11.4 Å². The quantitative estimate of drug-likeness (QED) is 0.197. The van der Waals surface area contributed by atoms with Crippen molar-refractivity contribution < 1.29 is 4.42 Å². The van der Waals surface area contributed by atoms with Gasteiger partial charge in [-0.25, -0.2) is 9.97 Å². The van der Waals surface area contributed by atoms with E-state index < -0.39 is 0 Å².